The molecule has 6 heteroatoms. The summed E-state index contributed by atoms with van der Waals surface area (Å²) in [6, 6.07) is 7.75. The number of aryl methyl sites for hydroxylation is 2. The molecule has 2 rings (SSSR count). The Morgan fingerprint density at radius 1 is 1.19 bits per heavy atom. The number of nitrogens with one attached hydrogen (secondary N) is 1. The summed E-state index contributed by atoms with van der Waals surface area (Å²) in [6.07, 6.45) is 0.726. The van der Waals surface area contributed by atoms with Crippen LogP contribution < -0.4 is 20.7 Å². The van der Waals surface area contributed by atoms with E-state index in [4.69, 9.17) is 15.3 Å². The Morgan fingerprint density at radius 3 is 2.24 bits per heavy atom. The van der Waals surface area contributed by atoms with Gasteiger partial charge in [0.15, 0.2) is 0 Å². The van der Waals surface area contributed by atoms with Crippen molar-refractivity contribution in [1.82, 2.24) is 15.2 Å². The molecule has 0 aliphatic rings. The van der Waals surface area contributed by atoms with E-state index in [-0.39, 0.29) is 6.04 Å². The molecule has 6 nitrogen and oxygen atoms in total. The topological polar surface area (TPSA) is 74.3 Å². The van der Waals surface area contributed by atoms with Crippen molar-refractivity contribution in [2.45, 2.75) is 19.4 Å². The minimum atomic E-state index is -0.0520. The predicted molar refractivity (Wildman–Crippen MR) is 81.3 cm³/mol. The van der Waals surface area contributed by atoms with Gasteiger partial charge in [0.1, 0.15) is 11.5 Å². The van der Waals surface area contributed by atoms with E-state index in [9.17, 15) is 0 Å². The molecule has 0 fully saturated rings. The van der Waals surface area contributed by atoms with E-state index in [1.807, 2.05) is 36.9 Å². The third-order valence-corrected chi connectivity index (χ3v) is 3.49. The molecule has 1 aromatic carbocycles. The quantitative estimate of drug-likeness (QED) is 0.623. The Morgan fingerprint density at radius 2 is 1.81 bits per heavy atom. The summed E-state index contributed by atoms with van der Waals surface area (Å²) in [5, 5.41) is 4.36. The molecule has 0 radical (unpaired) electrons. The van der Waals surface area contributed by atoms with Crippen LogP contribution >= 0.6 is 0 Å². The molecule has 2 aromatic rings. The number of aromatic nitrogens is 2. The van der Waals surface area contributed by atoms with Crippen LogP contribution in [-0.4, -0.2) is 24.0 Å². The number of nitrogens with two attached hydrogens (primary N) is 1. The van der Waals surface area contributed by atoms with Crippen LogP contribution in [0.5, 0.6) is 11.5 Å². The third kappa shape index (κ3) is 3.53. The summed E-state index contributed by atoms with van der Waals surface area (Å²) in [5.74, 6) is 7.21. The highest BCUT2D eigenvalue weighted by molar-refractivity contribution is 5.40. The Bertz CT molecular complexity index is 587. The zero-order valence-electron chi connectivity index (χ0n) is 12.9. The van der Waals surface area contributed by atoms with Crippen molar-refractivity contribution in [2.24, 2.45) is 12.9 Å². The van der Waals surface area contributed by atoms with Gasteiger partial charge in [-0.25, -0.2) is 0 Å². The Kier molecular flexibility index (Phi) is 4.82. The molecule has 1 heterocycles. The predicted octanol–water partition coefficient (Wildman–Crippen LogP) is 1.49. The third-order valence-electron chi connectivity index (χ3n) is 3.49. The zero-order valence-corrected chi connectivity index (χ0v) is 12.9. The smallest absolute Gasteiger partial charge is 0.122 e. The zero-order chi connectivity index (χ0) is 15.4. The summed E-state index contributed by atoms with van der Waals surface area (Å²) in [7, 11) is 5.20. The lowest BCUT2D eigenvalue weighted by Gasteiger charge is -2.18. The van der Waals surface area contributed by atoms with Crippen LogP contribution in [-0.2, 0) is 13.5 Å². The maximum absolute atomic E-state index is 5.73. The van der Waals surface area contributed by atoms with Gasteiger partial charge in [-0.15, -0.1) is 0 Å². The van der Waals surface area contributed by atoms with E-state index in [0.717, 1.165) is 34.9 Å². The summed E-state index contributed by atoms with van der Waals surface area (Å²) >= 11 is 0. The standard InChI is InChI=1S/C15H22N4O2/c1-10-5-12(19(2)18-10)8-15(17-16)11-6-13(20-3)9-14(7-11)21-4/h5-7,9,15,17H,8,16H2,1-4H3. The second-order valence-electron chi connectivity index (χ2n) is 4.97. The van der Waals surface area contributed by atoms with Gasteiger partial charge < -0.3 is 9.47 Å². The first kappa shape index (κ1) is 15.3. The van der Waals surface area contributed by atoms with Crippen molar-refractivity contribution >= 4 is 0 Å². The molecule has 1 aromatic heterocycles. The van der Waals surface area contributed by atoms with E-state index in [0.29, 0.717) is 0 Å². The first-order valence-electron chi connectivity index (χ1n) is 6.76. The van der Waals surface area contributed by atoms with E-state index < -0.39 is 0 Å². The van der Waals surface area contributed by atoms with Crippen molar-refractivity contribution in [2.75, 3.05) is 14.2 Å². The molecule has 1 unspecified atom stereocenters. The molecular weight excluding hydrogens is 268 g/mol. The molecule has 114 valence electrons. The molecule has 0 aliphatic heterocycles. The fourth-order valence-corrected chi connectivity index (χ4v) is 2.37. The van der Waals surface area contributed by atoms with Crippen molar-refractivity contribution in [3.8, 4) is 11.5 Å². The highest BCUT2D eigenvalue weighted by Gasteiger charge is 2.15. The molecule has 21 heavy (non-hydrogen) atoms. The van der Waals surface area contributed by atoms with Crippen LogP contribution in [0.15, 0.2) is 24.3 Å². The van der Waals surface area contributed by atoms with Gasteiger partial charge in [0.25, 0.3) is 0 Å². The van der Waals surface area contributed by atoms with Crippen molar-refractivity contribution in [1.29, 1.82) is 0 Å². The van der Waals surface area contributed by atoms with Crippen molar-refractivity contribution in [3.05, 3.63) is 41.2 Å². The first-order valence-corrected chi connectivity index (χ1v) is 6.76. The minimum Gasteiger partial charge on any atom is -0.497 e. The van der Waals surface area contributed by atoms with Crippen LogP contribution in [0.3, 0.4) is 0 Å². The number of hydrazine groups is 1. The molecule has 0 amide bonds. The lowest BCUT2D eigenvalue weighted by Crippen LogP contribution is -2.30. The number of methoxy groups -OCH3 is 2. The highest BCUT2D eigenvalue weighted by Crippen LogP contribution is 2.28. The van der Waals surface area contributed by atoms with Crippen LogP contribution in [0.25, 0.3) is 0 Å². The van der Waals surface area contributed by atoms with Crippen molar-refractivity contribution < 1.29 is 9.47 Å². The minimum absolute atomic E-state index is 0.0520. The molecule has 0 aliphatic carbocycles. The fraction of sp³-hybridized carbons (Fsp3) is 0.400. The summed E-state index contributed by atoms with van der Waals surface area (Å²) in [4.78, 5) is 0. The normalized spacial score (nSPS) is 12.2. The van der Waals surface area contributed by atoms with Gasteiger partial charge in [-0.2, -0.15) is 5.10 Å². The maximum atomic E-state index is 5.73. The number of nitrogens with zero attached hydrogens (tertiary/aromatic N) is 2. The molecule has 0 spiro atoms. The van der Waals surface area contributed by atoms with Gasteiger partial charge in [0, 0.05) is 25.2 Å². The van der Waals surface area contributed by atoms with Crippen LogP contribution in [0, 0.1) is 6.92 Å². The van der Waals surface area contributed by atoms with E-state index in [1.165, 1.54) is 0 Å². The molecule has 0 bridgehead atoms. The molecule has 0 saturated heterocycles. The number of hydrogen-bond acceptors (Lipinski definition) is 5. The average Bonchev–Trinajstić information content (AvgIpc) is 2.81. The Balaban J connectivity index is 2.30. The molecule has 3 N–H and O–H groups in total. The maximum Gasteiger partial charge on any atom is 0.122 e. The highest BCUT2D eigenvalue weighted by atomic mass is 16.5. The summed E-state index contributed by atoms with van der Waals surface area (Å²) in [5.41, 5.74) is 5.96. The number of benzene rings is 1. The Hall–Kier alpha value is -2.05. The van der Waals surface area contributed by atoms with Gasteiger partial charge in [0.05, 0.1) is 26.0 Å². The van der Waals surface area contributed by atoms with Gasteiger partial charge in [-0.05, 0) is 30.7 Å². The van der Waals surface area contributed by atoms with Gasteiger partial charge in [-0.3, -0.25) is 16.0 Å². The fourth-order valence-electron chi connectivity index (χ4n) is 2.37. The van der Waals surface area contributed by atoms with Gasteiger partial charge >= 0.3 is 0 Å². The monoisotopic (exact) mass is 290 g/mol. The Labute approximate surface area is 124 Å². The molecule has 0 saturated carbocycles. The average molecular weight is 290 g/mol. The summed E-state index contributed by atoms with van der Waals surface area (Å²) < 4.78 is 12.5. The second-order valence-corrected chi connectivity index (χ2v) is 4.97. The lowest BCUT2D eigenvalue weighted by molar-refractivity contribution is 0.391. The van der Waals surface area contributed by atoms with E-state index in [2.05, 4.69) is 16.6 Å². The van der Waals surface area contributed by atoms with E-state index in [1.54, 1.807) is 14.2 Å². The summed E-state index contributed by atoms with van der Waals surface area (Å²) in [6.45, 7) is 1.98. The van der Waals surface area contributed by atoms with Gasteiger partial charge in [0.2, 0.25) is 0 Å². The first-order chi connectivity index (χ1) is 10.1. The van der Waals surface area contributed by atoms with E-state index >= 15 is 0 Å². The lowest BCUT2D eigenvalue weighted by atomic mass is 10.0. The van der Waals surface area contributed by atoms with Crippen LogP contribution in [0.2, 0.25) is 0 Å². The number of rotatable bonds is 6. The molecule has 1 atom stereocenters. The van der Waals surface area contributed by atoms with Crippen molar-refractivity contribution in [3.63, 3.8) is 0 Å². The SMILES string of the molecule is COc1cc(OC)cc(C(Cc2cc(C)nn2C)NN)c1. The van der Waals surface area contributed by atoms with Crippen LogP contribution in [0.1, 0.15) is 23.0 Å². The second kappa shape index (κ2) is 6.60. The largest absolute Gasteiger partial charge is 0.497 e. The van der Waals surface area contributed by atoms with Crippen LogP contribution in [0.4, 0.5) is 0 Å². The van der Waals surface area contributed by atoms with Gasteiger partial charge in [-0.1, -0.05) is 0 Å². The number of ether oxygens (including phenoxy) is 2. The molecular formula is C15H22N4O2. The number of hydrogen-bond donors (Lipinski definition) is 2.